The van der Waals surface area contributed by atoms with Crippen molar-refractivity contribution < 1.29 is 19.1 Å². The molecule has 190 valence electrons. The fourth-order valence-electron chi connectivity index (χ4n) is 3.48. The minimum atomic E-state index is -0.524. The van der Waals surface area contributed by atoms with Crippen LogP contribution in [0.4, 0.5) is 5.69 Å². The molecule has 0 atom stereocenters. The van der Waals surface area contributed by atoms with E-state index in [4.69, 9.17) is 16.3 Å². The third-order valence-electron chi connectivity index (χ3n) is 5.52. The van der Waals surface area contributed by atoms with Crippen molar-refractivity contribution in [2.24, 2.45) is 5.10 Å². The lowest BCUT2D eigenvalue weighted by atomic mass is 10.1. The third kappa shape index (κ3) is 6.93. The second-order valence-corrected chi connectivity index (χ2v) is 8.97. The molecule has 7 nitrogen and oxygen atoms in total. The van der Waals surface area contributed by atoms with Crippen molar-refractivity contribution in [3.8, 4) is 5.75 Å². The summed E-state index contributed by atoms with van der Waals surface area (Å²) in [6.07, 6.45) is 1.35. The molecular weight excluding hydrogens is 502 g/mol. The second-order valence-electron chi connectivity index (χ2n) is 8.54. The van der Waals surface area contributed by atoms with Gasteiger partial charge >= 0.3 is 5.97 Å². The number of aryl methyl sites for hydroxylation is 2. The predicted octanol–water partition coefficient (Wildman–Crippen LogP) is 6.19. The molecule has 38 heavy (non-hydrogen) atoms. The molecule has 0 aliphatic heterocycles. The van der Waals surface area contributed by atoms with E-state index >= 15 is 0 Å². The van der Waals surface area contributed by atoms with Gasteiger partial charge in [0.05, 0.1) is 11.8 Å². The van der Waals surface area contributed by atoms with Gasteiger partial charge in [0.2, 0.25) is 0 Å². The molecule has 4 aromatic rings. The first kappa shape index (κ1) is 26.3. The van der Waals surface area contributed by atoms with Crippen molar-refractivity contribution in [2.75, 3.05) is 5.32 Å². The predicted molar refractivity (Wildman–Crippen MR) is 148 cm³/mol. The molecule has 4 aromatic carbocycles. The molecule has 4 rings (SSSR count). The van der Waals surface area contributed by atoms with E-state index in [0.29, 0.717) is 33.0 Å². The van der Waals surface area contributed by atoms with Crippen LogP contribution in [0, 0.1) is 13.8 Å². The Bertz CT molecular complexity index is 1510. The van der Waals surface area contributed by atoms with E-state index in [1.54, 1.807) is 72.8 Å². The SMILES string of the molecule is Cc1ccc(C(=O)Nc2ccc(C(=O)N/N=C/c3cc(Cl)ccc3OC(=O)c3cccc(C)c3)cc2)cc1. The average Bonchev–Trinajstić information content (AvgIpc) is 2.90. The van der Waals surface area contributed by atoms with Crippen LogP contribution in [0.15, 0.2) is 96.1 Å². The topological polar surface area (TPSA) is 96.9 Å². The first-order valence-corrected chi connectivity index (χ1v) is 12.1. The maximum Gasteiger partial charge on any atom is 0.343 e. The Morgan fingerprint density at radius 3 is 2.16 bits per heavy atom. The summed E-state index contributed by atoms with van der Waals surface area (Å²) in [6, 6.07) is 25.4. The van der Waals surface area contributed by atoms with E-state index in [1.165, 1.54) is 6.21 Å². The van der Waals surface area contributed by atoms with Gasteiger partial charge in [-0.15, -0.1) is 0 Å². The number of nitrogens with one attached hydrogen (secondary N) is 2. The molecule has 0 fully saturated rings. The van der Waals surface area contributed by atoms with Crippen LogP contribution in [0.25, 0.3) is 0 Å². The van der Waals surface area contributed by atoms with Crippen LogP contribution in [0.1, 0.15) is 47.8 Å². The maximum atomic E-state index is 12.6. The van der Waals surface area contributed by atoms with Gasteiger partial charge in [-0.2, -0.15) is 5.10 Å². The number of hydrogen-bond acceptors (Lipinski definition) is 5. The number of nitrogens with zero attached hydrogens (tertiary/aromatic N) is 1. The highest BCUT2D eigenvalue weighted by Gasteiger charge is 2.12. The monoisotopic (exact) mass is 525 g/mol. The summed E-state index contributed by atoms with van der Waals surface area (Å²) >= 11 is 6.11. The van der Waals surface area contributed by atoms with Crippen molar-refractivity contribution in [3.63, 3.8) is 0 Å². The van der Waals surface area contributed by atoms with Gasteiger partial charge in [-0.25, -0.2) is 10.2 Å². The van der Waals surface area contributed by atoms with E-state index in [0.717, 1.165) is 11.1 Å². The number of carbonyl (C=O) groups is 3. The quantitative estimate of drug-likeness (QED) is 0.130. The minimum absolute atomic E-state index is 0.243. The minimum Gasteiger partial charge on any atom is -0.422 e. The van der Waals surface area contributed by atoms with Gasteiger partial charge in [0.1, 0.15) is 5.75 Å². The molecule has 8 heteroatoms. The zero-order valence-corrected chi connectivity index (χ0v) is 21.5. The van der Waals surface area contributed by atoms with Crippen molar-refractivity contribution in [1.82, 2.24) is 5.43 Å². The lowest BCUT2D eigenvalue weighted by Gasteiger charge is -2.09. The molecule has 0 spiro atoms. The lowest BCUT2D eigenvalue weighted by Crippen LogP contribution is -2.18. The Morgan fingerprint density at radius 1 is 0.763 bits per heavy atom. The van der Waals surface area contributed by atoms with Crippen LogP contribution in [-0.4, -0.2) is 24.0 Å². The highest BCUT2D eigenvalue weighted by Crippen LogP contribution is 2.23. The Labute approximate surface area is 225 Å². The van der Waals surface area contributed by atoms with Gasteiger partial charge in [0, 0.05) is 27.4 Å². The molecule has 2 N–H and O–H groups in total. The number of rotatable bonds is 7. The van der Waals surface area contributed by atoms with Gasteiger partial charge in [-0.05, 0) is 80.6 Å². The summed E-state index contributed by atoms with van der Waals surface area (Å²) in [5.74, 6) is -0.984. The first-order valence-electron chi connectivity index (χ1n) is 11.7. The van der Waals surface area contributed by atoms with E-state index in [-0.39, 0.29) is 11.7 Å². The zero-order chi connectivity index (χ0) is 27.1. The Hall–Kier alpha value is -4.75. The summed E-state index contributed by atoms with van der Waals surface area (Å²) < 4.78 is 5.53. The molecule has 0 bridgehead atoms. The van der Waals surface area contributed by atoms with E-state index < -0.39 is 11.9 Å². The Kier molecular flexibility index (Phi) is 8.30. The molecule has 0 saturated carbocycles. The maximum absolute atomic E-state index is 12.6. The normalized spacial score (nSPS) is 10.7. The fraction of sp³-hybridized carbons (Fsp3) is 0.0667. The number of carbonyl (C=O) groups excluding carboxylic acids is 3. The van der Waals surface area contributed by atoms with Gasteiger partial charge in [-0.1, -0.05) is 47.0 Å². The standard InChI is InChI=1S/C30H24ClN3O4/c1-19-6-8-21(9-7-19)28(35)33-26-13-10-22(11-14-26)29(36)34-32-18-24-17-25(31)12-15-27(24)38-30(37)23-5-3-4-20(2)16-23/h3-18H,1-2H3,(H,33,35)(H,34,36)/b32-18+. The van der Waals surface area contributed by atoms with Gasteiger partial charge < -0.3 is 10.1 Å². The fourth-order valence-corrected chi connectivity index (χ4v) is 3.66. The molecule has 0 aliphatic rings. The molecule has 0 radical (unpaired) electrons. The summed E-state index contributed by atoms with van der Waals surface area (Å²) in [6.45, 7) is 3.83. The zero-order valence-electron chi connectivity index (χ0n) is 20.7. The van der Waals surface area contributed by atoms with Crippen LogP contribution in [0.3, 0.4) is 0 Å². The van der Waals surface area contributed by atoms with Crippen LogP contribution in [0.2, 0.25) is 5.02 Å². The molecule has 2 amide bonds. The van der Waals surface area contributed by atoms with Gasteiger partial charge in [0.15, 0.2) is 0 Å². The van der Waals surface area contributed by atoms with Crippen LogP contribution in [0.5, 0.6) is 5.75 Å². The molecular formula is C30H24ClN3O4. The molecule has 0 unspecified atom stereocenters. The van der Waals surface area contributed by atoms with E-state index in [2.05, 4.69) is 15.8 Å². The molecule has 0 heterocycles. The summed E-state index contributed by atoms with van der Waals surface area (Å²) in [4.78, 5) is 37.5. The van der Waals surface area contributed by atoms with Crippen molar-refractivity contribution in [3.05, 3.63) is 129 Å². The number of benzene rings is 4. The molecule has 0 aromatic heterocycles. The number of hydrogen-bond donors (Lipinski definition) is 2. The van der Waals surface area contributed by atoms with Crippen LogP contribution < -0.4 is 15.5 Å². The van der Waals surface area contributed by atoms with Gasteiger partial charge in [0.25, 0.3) is 11.8 Å². The Morgan fingerprint density at radius 2 is 1.45 bits per heavy atom. The highest BCUT2D eigenvalue weighted by molar-refractivity contribution is 6.31. The molecule has 0 aliphatic carbocycles. The first-order chi connectivity index (χ1) is 18.3. The van der Waals surface area contributed by atoms with Gasteiger partial charge in [-0.3, -0.25) is 9.59 Å². The molecule has 0 saturated heterocycles. The number of halogens is 1. The number of ether oxygens (including phenoxy) is 1. The average molecular weight is 526 g/mol. The Balaban J connectivity index is 1.38. The van der Waals surface area contributed by atoms with Crippen molar-refractivity contribution in [1.29, 1.82) is 0 Å². The van der Waals surface area contributed by atoms with Crippen molar-refractivity contribution >= 4 is 41.3 Å². The summed E-state index contributed by atoms with van der Waals surface area (Å²) in [5.41, 5.74) is 6.69. The number of esters is 1. The highest BCUT2D eigenvalue weighted by atomic mass is 35.5. The largest absolute Gasteiger partial charge is 0.422 e. The third-order valence-corrected chi connectivity index (χ3v) is 5.75. The number of anilines is 1. The summed E-state index contributed by atoms with van der Waals surface area (Å²) in [5, 5.41) is 7.20. The smallest absolute Gasteiger partial charge is 0.343 e. The number of amides is 2. The van der Waals surface area contributed by atoms with Crippen molar-refractivity contribution in [2.45, 2.75) is 13.8 Å². The summed E-state index contributed by atoms with van der Waals surface area (Å²) in [7, 11) is 0. The second kappa shape index (κ2) is 12.0. The lowest BCUT2D eigenvalue weighted by molar-refractivity contribution is 0.0733. The van der Waals surface area contributed by atoms with Crippen LogP contribution >= 0.6 is 11.6 Å². The number of hydrazone groups is 1. The van der Waals surface area contributed by atoms with E-state index in [9.17, 15) is 14.4 Å². The van der Waals surface area contributed by atoms with E-state index in [1.807, 2.05) is 32.0 Å². The van der Waals surface area contributed by atoms with Crippen LogP contribution in [-0.2, 0) is 0 Å².